The fraction of sp³-hybridized carbons (Fsp3) is 0.333. The summed E-state index contributed by atoms with van der Waals surface area (Å²) in [6, 6.07) is 1.77. The van der Waals surface area contributed by atoms with Gasteiger partial charge in [-0.3, -0.25) is 4.79 Å². The van der Waals surface area contributed by atoms with Gasteiger partial charge in [0.2, 0.25) is 0 Å². The predicted octanol–water partition coefficient (Wildman–Crippen LogP) is 2.61. The summed E-state index contributed by atoms with van der Waals surface area (Å²) >= 11 is 3.33. The maximum absolute atomic E-state index is 11.8. The molecule has 1 aliphatic rings. The molecule has 0 radical (unpaired) electrons. The Morgan fingerprint density at radius 2 is 2.29 bits per heavy atom. The SMILES string of the molecule is CC1=C/C(=N\NC(=O)c2cc(Br)cn2C)CC1. The Morgan fingerprint density at radius 3 is 2.82 bits per heavy atom. The highest BCUT2D eigenvalue weighted by Gasteiger charge is 2.11. The molecule has 0 fully saturated rings. The van der Waals surface area contributed by atoms with Crippen molar-refractivity contribution >= 4 is 27.5 Å². The van der Waals surface area contributed by atoms with Gasteiger partial charge in [0.1, 0.15) is 5.69 Å². The highest BCUT2D eigenvalue weighted by molar-refractivity contribution is 9.10. The number of allylic oxidation sites excluding steroid dienone is 2. The van der Waals surface area contributed by atoms with Gasteiger partial charge in [0.05, 0.1) is 5.71 Å². The minimum atomic E-state index is -0.191. The van der Waals surface area contributed by atoms with Crippen LogP contribution in [0.15, 0.2) is 33.5 Å². The smallest absolute Gasteiger partial charge is 0.288 e. The molecule has 2 rings (SSSR count). The van der Waals surface area contributed by atoms with E-state index in [4.69, 9.17) is 0 Å². The number of hydrazone groups is 1. The molecule has 0 spiro atoms. The van der Waals surface area contributed by atoms with Crippen LogP contribution >= 0.6 is 15.9 Å². The molecule has 1 amide bonds. The summed E-state index contributed by atoms with van der Waals surface area (Å²) < 4.78 is 2.64. The lowest BCUT2D eigenvalue weighted by Crippen LogP contribution is -2.21. The third kappa shape index (κ3) is 2.85. The molecular weight excluding hydrogens is 282 g/mol. The molecule has 0 bridgehead atoms. The number of hydrogen-bond acceptors (Lipinski definition) is 2. The van der Waals surface area contributed by atoms with Crippen LogP contribution in [-0.4, -0.2) is 16.2 Å². The molecule has 0 saturated carbocycles. The molecule has 1 aliphatic carbocycles. The minimum Gasteiger partial charge on any atom is -0.345 e. The molecule has 1 heterocycles. The van der Waals surface area contributed by atoms with Gasteiger partial charge in [-0.2, -0.15) is 5.10 Å². The van der Waals surface area contributed by atoms with Crippen LogP contribution < -0.4 is 5.43 Å². The lowest BCUT2D eigenvalue weighted by atomic mass is 10.3. The number of nitrogens with zero attached hydrogens (tertiary/aromatic N) is 2. The van der Waals surface area contributed by atoms with Crippen LogP contribution in [0.25, 0.3) is 0 Å². The van der Waals surface area contributed by atoms with Crippen molar-refractivity contribution in [2.75, 3.05) is 0 Å². The van der Waals surface area contributed by atoms with Crippen LogP contribution in [0.5, 0.6) is 0 Å². The number of aryl methyl sites for hydroxylation is 1. The summed E-state index contributed by atoms with van der Waals surface area (Å²) in [7, 11) is 1.83. The highest BCUT2D eigenvalue weighted by Crippen LogP contribution is 2.15. The van der Waals surface area contributed by atoms with E-state index in [2.05, 4.69) is 33.4 Å². The number of rotatable bonds is 2. The molecule has 4 nitrogen and oxygen atoms in total. The number of amides is 1. The van der Waals surface area contributed by atoms with Crippen molar-refractivity contribution in [2.24, 2.45) is 12.1 Å². The van der Waals surface area contributed by atoms with Gasteiger partial charge in [-0.15, -0.1) is 0 Å². The number of hydrogen-bond donors (Lipinski definition) is 1. The van der Waals surface area contributed by atoms with Crippen LogP contribution in [0.2, 0.25) is 0 Å². The van der Waals surface area contributed by atoms with E-state index in [1.807, 2.05) is 19.3 Å². The van der Waals surface area contributed by atoms with Gasteiger partial charge in [0.15, 0.2) is 0 Å². The van der Waals surface area contributed by atoms with Crippen LogP contribution in [-0.2, 0) is 7.05 Å². The number of aromatic nitrogens is 1. The second-order valence-electron chi connectivity index (χ2n) is 4.19. The van der Waals surface area contributed by atoms with Crippen molar-refractivity contribution < 1.29 is 4.79 Å². The van der Waals surface area contributed by atoms with E-state index < -0.39 is 0 Å². The van der Waals surface area contributed by atoms with Gasteiger partial charge in [0.25, 0.3) is 5.91 Å². The maximum Gasteiger partial charge on any atom is 0.288 e. The Kier molecular flexibility index (Phi) is 3.47. The molecule has 1 aromatic heterocycles. The van der Waals surface area contributed by atoms with Crippen LogP contribution in [0, 0.1) is 0 Å². The van der Waals surface area contributed by atoms with E-state index in [0.29, 0.717) is 5.69 Å². The molecule has 1 aromatic rings. The first-order chi connectivity index (χ1) is 8.06. The fourth-order valence-corrected chi connectivity index (χ4v) is 2.30. The highest BCUT2D eigenvalue weighted by atomic mass is 79.9. The monoisotopic (exact) mass is 295 g/mol. The normalized spacial score (nSPS) is 17.4. The summed E-state index contributed by atoms with van der Waals surface area (Å²) in [6.45, 7) is 2.07. The van der Waals surface area contributed by atoms with Gasteiger partial charge >= 0.3 is 0 Å². The maximum atomic E-state index is 11.8. The summed E-state index contributed by atoms with van der Waals surface area (Å²) in [5, 5.41) is 4.11. The Labute approximate surface area is 109 Å². The molecule has 0 unspecified atom stereocenters. The van der Waals surface area contributed by atoms with E-state index >= 15 is 0 Å². The van der Waals surface area contributed by atoms with Crippen molar-refractivity contribution in [2.45, 2.75) is 19.8 Å². The van der Waals surface area contributed by atoms with E-state index in [1.54, 1.807) is 10.6 Å². The quantitative estimate of drug-likeness (QED) is 0.838. The van der Waals surface area contributed by atoms with Gasteiger partial charge in [-0.25, -0.2) is 5.43 Å². The van der Waals surface area contributed by atoms with Crippen LogP contribution in [0.3, 0.4) is 0 Å². The summed E-state index contributed by atoms with van der Waals surface area (Å²) in [5.41, 5.74) is 5.40. The average molecular weight is 296 g/mol. The molecule has 90 valence electrons. The largest absolute Gasteiger partial charge is 0.345 e. The lowest BCUT2D eigenvalue weighted by molar-refractivity contribution is 0.0946. The Hall–Kier alpha value is -1.36. The lowest BCUT2D eigenvalue weighted by Gasteiger charge is -2.01. The zero-order chi connectivity index (χ0) is 12.4. The van der Waals surface area contributed by atoms with Gasteiger partial charge < -0.3 is 4.57 Å². The van der Waals surface area contributed by atoms with Crippen LogP contribution in [0.1, 0.15) is 30.3 Å². The number of halogens is 1. The summed E-state index contributed by atoms with van der Waals surface area (Å²) in [4.78, 5) is 11.8. The summed E-state index contributed by atoms with van der Waals surface area (Å²) in [5.74, 6) is -0.191. The molecule has 0 atom stereocenters. The first kappa shape index (κ1) is 12.1. The molecular formula is C12H14BrN3O. The fourth-order valence-electron chi connectivity index (χ4n) is 1.77. The first-order valence-corrected chi connectivity index (χ1v) is 6.21. The zero-order valence-corrected chi connectivity index (χ0v) is 11.4. The molecule has 1 N–H and O–H groups in total. The van der Waals surface area contributed by atoms with E-state index in [0.717, 1.165) is 23.0 Å². The standard InChI is InChI=1S/C12H14BrN3O/c1-8-3-4-10(5-8)14-15-12(17)11-6-9(13)7-16(11)2/h5-7H,3-4H2,1-2H3,(H,15,17)/b14-10-. The number of nitrogens with one attached hydrogen (secondary N) is 1. The number of carbonyl (C=O) groups is 1. The van der Waals surface area contributed by atoms with E-state index in [1.165, 1.54) is 5.57 Å². The molecule has 0 aromatic carbocycles. The first-order valence-electron chi connectivity index (χ1n) is 5.42. The average Bonchev–Trinajstić information content (AvgIpc) is 2.81. The van der Waals surface area contributed by atoms with E-state index in [9.17, 15) is 4.79 Å². The molecule has 5 heteroatoms. The van der Waals surface area contributed by atoms with Gasteiger partial charge in [0, 0.05) is 17.7 Å². The third-order valence-corrected chi connectivity index (χ3v) is 3.13. The second-order valence-corrected chi connectivity index (χ2v) is 5.10. The Balaban J connectivity index is 2.05. The van der Waals surface area contributed by atoms with Crippen molar-refractivity contribution in [3.05, 3.63) is 34.1 Å². The molecule has 0 aliphatic heterocycles. The second kappa shape index (κ2) is 4.87. The third-order valence-electron chi connectivity index (χ3n) is 2.69. The predicted molar refractivity (Wildman–Crippen MR) is 71.0 cm³/mol. The molecule has 17 heavy (non-hydrogen) atoms. The zero-order valence-electron chi connectivity index (χ0n) is 9.83. The Bertz CT molecular complexity index is 514. The van der Waals surface area contributed by atoms with Crippen molar-refractivity contribution in [3.8, 4) is 0 Å². The molecule has 0 saturated heterocycles. The Morgan fingerprint density at radius 1 is 1.53 bits per heavy atom. The van der Waals surface area contributed by atoms with E-state index in [-0.39, 0.29) is 5.91 Å². The minimum absolute atomic E-state index is 0.191. The number of carbonyl (C=O) groups excluding carboxylic acids is 1. The van der Waals surface area contributed by atoms with Gasteiger partial charge in [-0.05, 0) is 47.8 Å². The van der Waals surface area contributed by atoms with Crippen molar-refractivity contribution in [1.82, 2.24) is 9.99 Å². The van der Waals surface area contributed by atoms with Gasteiger partial charge in [-0.1, -0.05) is 5.57 Å². The topological polar surface area (TPSA) is 46.4 Å². The van der Waals surface area contributed by atoms with Crippen molar-refractivity contribution in [3.63, 3.8) is 0 Å². The van der Waals surface area contributed by atoms with Crippen LogP contribution in [0.4, 0.5) is 0 Å². The summed E-state index contributed by atoms with van der Waals surface area (Å²) in [6.07, 6.45) is 5.79. The van der Waals surface area contributed by atoms with Crippen molar-refractivity contribution in [1.29, 1.82) is 0 Å².